The van der Waals surface area contributed by atoms with Crippen molar-refractivity contribution in [3.8, 4) is 17.6 Å². The van der Waals surface area contributed by atoms with Crippen LogP contribution in [0.4, 0.5) is 32.3 Å². The number of rotatable bonds is 10. The monoisotopic (exact) mass is 678 g/mol. The number of urea groups is 1. The molecule has 6 rings (SSSR count). The zero-order valence-corrected chi connectivity index (χ0v) is 27.4. The first-order chi connectivity index (χ1) is 24.1. The van der Waals surface area contributed by atoms with E-state index in [1.165, 1.54) is 23.2 Å². The Morgan fingerprint density at radius 1 is 1.08 bits per heavy atom. The van der Waals surface area contributed by atoms with Crippen LogP contribution in [0.3, 0.4) is 0 Å². The molecule has 2 aromatic heterocycles. The highest BCUT2D eigenvalue weighted by Crippen LogP contribution is 2.30. The van der Waals surface area contributed by atoms with E-state index in [9.17, 15) is 24.8 Å². The van der Waals surface area contributed by atoms with Gasteiger partial charge < -0.3 is 30.3 Å². The molecule has 256 valence electrons. The lowest BCUT2D eigenvalue weighted by Crippen LogP contribution is -2.60. The number of β-amino-alcohol motifs (C(OH)–C–C–N with tert-alkyl or cyclic N) is 1. The Labute approximate surface area is 287 Å². The number of hydrogen-bond acceptors (Lipinski definition) is 10. The molecule has 0 bridgehead atoms. The van der Waals surface area contributed by atoms with E-state index in [2.05, 4.69) is 26.7 Å². The number of aliphatic hydroxyl groups excluding tert-OH is 1. The van der Waals surface area contributed by atoms with Crippen molar-refractivity contribution in [2.24, 2.45) is 5.92 Å². The number of hydrogen-bond donors (Lipinski definition) is 3. The highest BCUT2D eigenvalue weighted by Gasteiger charge is 2.43. The minimum absolute atomic E-state index is 0.0209. The largest absolute Gasteiger partial charge is 0.454 e. The van der Waals surface area contributed by atoms with Crippen LogP contribution >= 0.6 is 0 Å². The molecule has 3 N–H and O–H groups in total. The maximum absolute atomic E-state index is 15.3. The van der Waals surface area contributed by atoms with Crippen LogP contribution in [0, 0.1) is 23.1 Å². The number of nitrogens with one attached hydrogen (secondary N) is 2. The van der Waals surface area contributed by atoms with E-state index in [1.54, 1.807) is 62.4 Å². The van der Waals surface area contributed by atoms with Gasteiger partial charge in [0.1, 0.15) is 35.2 Å². The lowest BCUT2D eigenvalue weighted by Gasteiger charge is -2.40. The number of aromatic nitrogens is 2. The third-order valence-corrected chi connectivity index (χ3v) is 8.42. The molecule has 2 fully saturated rings. The molecule has 4 aromatic rings. The number of nitriles is 1. The normalized spacial score (nSPS) is 17.6. The molecule has 0 radical (unpaired) electrons. The van der Waals surface area contributed by atoms with Crippen molar-refractivity contribution in [2.75, 3.05) is 35.2 Å². The predicted molar refractivity (Wildman–Crippen MR) is 182 cm³/mol. The molecular weight excluding hydrogens is 643 g/mol. The van der Waals surface area contributed by atoms with Gasteiger partial charge in [-0.3, -0.25) is 14.5 Å². The molecular formula is C36H35FN8O5. The van der Waals surface area contributed by atoms with Gasteiger partial charge in [-0.15, -0.1) is 0 Å². The van der Waals surface area contributed by atoms with E-state index in [4.69, 9.17) is 4.74 Å². The van der Waals surface area contributed by atoms with Crippen LogP contribution in [0.25, 0.3) is 0 Å². The van der Waals surface area contributed by atoms with Crippen LogP contribution in [-0.4, -0.2) is 74.5 Å². The average Bonchev–Trinajstić information content (AvgIpc) is 3.54. The molecule has 0 saturated carbocycles. The first kappa shape index (κ1) is 33.8. The second-order valence-corrected chi connectivity index (χ2v) is 12.3. The highest BCUT2D eigenvalue weighted by molar-refractivity contribution is 6.12. The Kier molecular flexibility index (Phi) is 9.87. The smallest absolute Gasteiger partial charge is 0.327 e. The van der Waals surface area contributed by atoms with Crippen LogP contribution in [0.5, 0.6) is 11.5 Å². The van der Waals surface area contributed by atoms with Crippen molar-refractivity contribution in [3.05, 3.63) is 95.9 Å². The van der Waals surface area contributed by atoms with Crippen LogP contribution < -0.4 is 20.3 Å². The molecule has 14 heteroatoms. The summed E-state index contributed by atoms with van der Waals surface area (Å²) in [7, 11) is 0. The fourth-order valence-electron chi connectivity index (χ4n) is 5.80. The number of nitrogens with zero attached hydrogens (tertiary/aromatic N) is 6. The summed E-state index contributed by atoms with van der Waals surface area (Å²) < 4.78 is 21.1. The summed E-state index contributed by atoms with van der Waals surface area (Å²) in [6.07, 6.45) is 1.57. The molecule has 0 aliphatic carbocycles. The highest BCUT2D eigenvalue weighted by atomic mass is 19.1. The number of benzene rings is 2. The molecule has 2 aliphatic heterocycles. The predicted octanol–water partition coefficient (Wildman–Crippen LogP) is 5.02. The Morgan fingerprint density at radius 3 is 2.58 bits per heavy atom. The van der Waals surface area contributed by atoms with E-state index in [0.717, 1.165) is 16.5 Å². The van der Waals surface area contributed by atoms with Crippen molar-refractivity contribution in [2.45, 2.75) is 39.0 Å². The number of pyridine rings is 2. The number of imide groups is 1. The summed E-state index contributed by atoms with van der Waals surface area (Å²) in [5, 5.41) is 25.2. The van der Waals surface area contributed by atoms with Gasteiger partial charge in [-0.05, 0) is 56.2 Å². The number of ether oxygens (including phenoxy) is 1. The van der Waals surface area contributed by atoms with Gasteiger partial charge in [0.25, 0.3) is 0 Å². The van der Waals surface area contributed by atoms with E-state index in [-0.39, 0.29) is 36.3 Å². The third-order valence-electron chi connectivity index (χ3n) is 8.42. The van der Waals surface area contributed by atoms with Gasteiger partial charge in [-0.2, -0.15) is 5.26 Å². The van der Waals surface area contributed by atoms with Crippen molar-refractivity contribution in [1.29, 1.82) is 5.26 Å². The third kappa shape index (κ3) is 7.48. The van der Waals surface area contributed by atoms with Crippen LogP contribution in [0.2, 0.25) is 0 Å². The summed E-state index contributed by atoms with van der Waals surface area (Å²) in [6.45, 7) is 4.49. The van der Waals surface area contributed by atoms with Crippen LogP contribution in [0.1, 0.15) is 31.4 Å². The quantitative estimate of drug-likeness (QED) is 0.194. The summed E-state index contributed by atoms with van der Waals surface area (Å²) in [6, 6.07) is 20.7. The minimum Gasteiger partial charge on any atom is -0.454 e. The standard InChI is InChI=1S/C36H35FN8O5/c1-22(2)44-21-28(35(48)45(36(44)49)19-23-6-4-3-5-7-23)34(47)40-25-9-10-30(29(37)16-25)50-27-12-14-39-32(17-27)41-31-11-8-24(18-38)33(42-31)43-15-13-26(46)20-43/h3-12,14,16-17,22,26,28,46H,13,15,19-21H2,1-2H3,(H,40,47)(H,39,41,42)/t26-,28?/m0/s1. The van der Waals surface area contributed by atoms with E-state index < -0.39 is 35.7 Å². The molecule has 4 amide bonds. The molecule has 2 atom stereocenters. The molecule has 4 heterocycles. The Bertz CT molecular complexity index is 1950. The number of amides is 4. The number of carbonyl (C=O) groups excluding carboxylic acids is 3. The zero-order chi connectivity index (χ0) is 35.4. The summed E-state index contributed by atoms with van der Waals surface area (Å²) >= 11 is 0. The summed E-state index contributed by atoms with van der Waals surface area (Å²) in [4.78, 5) is 53.2. The van der Waals surface area contributed by atoms with Crippen molar-refractivity contribution < 1.29 is 28.6 Å². The molecule has 2 saturated heterocycles. The Hall–Kier alpha value is -6.07. The number of halogens is 1. The molecule has 2 aliphatic rings. The van der Waals surface area contributed by atoms with Crippen molar-refractivity contribution in [3.63, 3.8) is 0 Å². The van der Waals surface area contributed by atoms with Gasteiger partial charge in [0.2, 0.25) is 11.8 Å². The molecule has 13 nitrogen and oxygen atoms in total. The number of aliphatic hydroxyl groups is 1. The lowest BCUT2D eigenvalue weighted by molar-refractivity contribution is -0.142. The topological polar surface area (TPSA) is 164 Å². The first-order valence-electron chi connectivity index (χ1n) is 16.1. The van der Waals surface area contributed by atoms with Gasteiger partial charge in [0.05, 0.1) is 18.2 Å². The van der Waals surface area contributed by atoms with E-state index in [0.29, 0.717) is 42.5 Å². The fraction of sp³-hybridized carbons (Fsp3) is 0.278. The second-order valence-electron chi connectivity index (χ2n) is 12.3. The maximum Gasteiger partial charge on any atom is 0.327 e. The van der Waals surface area contributed by atoms with Gasteiger partial charge >= 0.3 is 6.03 Å². The fourth-order valence-corrected chi connectivity index (χ4v) is 5.80. The van der Waals surface area contributed by atoms with Crippen LogP contribution in [-0.2, 0) is 16.1 Å². The lowest BCUT2D eigenvalue weighted by atomic mass is 10.0. The Morgan fingerprint density at radius 2 is 1.88 bits per heavy atom. The van der Waals surface area contributed by atoms with Crippen molar-refractivity contribution in [1.82, 2.24) is 19.8 Å². The number of anilines is 4. The average molecular weight is 679 g/mol. The summed E-state index contributed by atoms with van der Waals surface area (Å²) in [5.41, 5.74) is 1.24. The van der Waals surface area contributed by atoms with Gasteiger partial charge in [-0.1, -0.05) is 30.3 Å². The van der Waals surface area contributed by atoms with Crippen molar-refractivity contribution >= 4 is 41.0 Å². The van der Waals surface area contributed by atoms with Gasteiger partial charge in [-0.25, -0.2) is 19.2 Å². The van der Waals surface area contributed by atoms with Gasteiger partial charge in [0, 0.05) is 49.7 Å². The number of carbonyl (C=O) groups is 3. The first-order valence-corrected chi connectivity index (χ1v) is 16.1. The maximum atomic E-state index is 15.3. The second kappa shape index (κ2) is 14.6. The van der Waals surface area contributed by atoms with E-state index >= 15 is 4.39 Å². The molecule has 0 spiro atoms. The Balaban J connectivity index is 1.12. The summed E-state index contributed by atoms with van der Waals surface area (Å²) in [5.74, 6) is -1.88. The molecule has 50 heavy (non-hydrogen) atoms. The molecule has 1 unspecified atom stereocenters. The van der Waals surface area contributed by atoms with Gasteiger partial charge in [0.15, 0.2) is 11.6 Å². The minimum atomic E-state index is -1.19. The zero-order valence-electron chi connectivity index (χ0n) is 27.4. The molecule has 2 aromatic carbocycles. The van der Waals surface area contributed by atoms with E-state index in [1.807, 2.05) is 11.0 Å². The SMILES string of the molecule is CC(C)N1CC(C(=O)Nc2ccc(Oc3ccnc(Nc4ccc(C#N)c(N5CC[C@H](O)C5)n4)c3)c(F)c2)C(=O)N(Cc2ccccc2)C1=O. The van der Waals surface area contributed by atoms with Crippen LogP contribution in [0.15, 0.2) is 79.0 Å².